The molecular formula is C22H21N3O4. The number of ether oxygens (including phenoxy) is 1. The number of furan rings is 1. The Morgan fingerprint density at radius 1 is 1.00 bits per heavy atom. The Hall–Kier alpha value is -3.58. The second-order valence-corrected chi connectivity index (χ2v) is 6.81. The van der Waals surface area contributed by atoms with Crippen LogP contribution < -0.4 is 16.6 Å². The summed E-state index contributed by atoms with van der Waals surface area (Å²) >= 11 is 0. The largest absolute Gasteiger partial charge is 0.469 e. The standard InChI is InChI=1S/C22H21N3O4/c23-25-21(26)20(12-14-6-5-11-28-14)24-22(27)29-13-19-17-9-3-1-7-15(17)16-8-2-4-10-18(16)19/h1-11,19-20H,12-13,23H2,(H,24,27)(H,25,26)/t20-/m1/s1. The van der Waals surface area contributed by atoms with Crippen LogP contribution >= 0.6 is 0 Å². The van der Waals surface area contributed by atoms with Crippen molar-refractivity contribution >= 4 is 12.0 Å². The van der Waals surface area contributed by atoms with E-state index in [9.17, 15) is 9.59 Å². The second kappa shape index (κ2) is 8.20. The van der Waals surface area contributed by atoms with Gasteiger partial charge >= 0.3 is 6.09 Å². The van der Waals surface area contributed by atoms with Gasteiger partial charge in [0.25, 0.3) is 5.91 Å². The van der Waals surface area contributed by atoms with Gasteiger partial charge in [0.05, 0.1) is 6.26 Å². The molecule has 0 radical (unpaired) electrons. The number of hydrogen-bond acceptors (Lipinski definition) is 5. The number of carbonyl (C=O) groups excluding carboxylic acids is 2. The van der Waals surface area contributed by atoms with Crippen molar-refractivity contribution in [3.05, 3.63) is 83.8 Å². The molecule has 1 heterocycles. The molecule has 7 heteroatoms. The number of nitrogens with one attached hydrogen (secondary N) is 2. The van der Waals surface area contributed by atoms with E-state index in [0.29, 0.717) is 5.76 Å². The highest BCUT2D eigenvalue weighted by molar-refractivity contribution is 5.85. The van der Waals surface area contributed by atoms with Crippen LogP contribution in [0.2, 0.25) is 0 Å². The van der Waals surface area contributed by atoms with Gasteiger partial charge in [-0.25, -0.2) is 10.6 Å². The topological polar surface area (TPSA) is 107 Å². The number of amides is 2. The summed E-state index contributed by atoms with van der Waals surface area (Å²) in [7, 11) is 0. The van der Waals surface area contributed by atoms with Crippen LogP contribution in [0, 0.1) is 0 Å². The van der Waals surface area contributed by atoms with Gasteiger partial charge < -0.3 is 14.5 Å². The Labute approximate surface area is 167 Å². The molecule has 3 aromatic rings. The number of nitrogens with two attached hydrogens (primary N) is 1. The van der Waals surface area contributed by atoms with E-state index in [2.05, 4.69) is 22.9 Å². The summed E-state index contributed by atoms with van der Waals surface area (Å²) < 4.78 is 10.7. The van der Waals surface area contributed by atoms with Crippen LogP contribution in [0.5, 0.6) is 0 Å². The molecule has 0 bridgehead atoms. The summed E-state index contributed by atoms with van der Waals surface area (Å²) in [6.45, 7) is 0.164. The minimum atomic E-state index is -0.901. The lowest BCUT2D eigenvalue weighted by atomic mass is 9.98. The van der Waals surface area contributed by atoms with Crippen molar-refractivity contribution in [1.29, 1.82) is 0 Å². The first kappa shape index (κ1) is 18.8. The van der Waals surface area contributed by atoms with E-state index in [1.807, 2.05) is 36.4 Å². The van der Waals surface area contributed by atoms with Crippen LogP contribution in [0.3, 0.4) is 0 Å². The fourth-order valence-corrected chi connectivity index (χ4v) is 3.72. The monoisotopic (exact) mass is 391 g/mol. The molecule has 0 saturated carbocycles. The van der Waals surface area contributed by atoms with Crippen LogP contribution in [0.1, 0.15) is 22.8 Å². The third-order valence-corrected chi connectivity index (χ3v) is 5.08. The lowest BCUT2D eigenvalue weighted by molar-refractivity contribution is -0.123. The Morgan fingerprint density at radius 2 is 1.66 bits per heavy atom. The van der Waals surface area contributed by atoms with Crippen molar-refractivity contribution in [3.8, 4) is 11.1 Å². The fourth-order valence-electron chi connectivity index (χ4n) is 3.72. The highest BCUT2D eigenvalue weighted by Crippen LogP contribution is 2.44. The first-order chi connectivity index (χ1) is 14.2. The number of rotatable bonds is 6. The molecule has 0 aliphatic heterocycles. The number of benzene rings is 2. The number of fused-ring (bicyclic) bond motifs is 3. The summed E-state index contributed by atoms with van der Waals surface area (Å²) in [4.78, 5) is 24.4. The van der Waals surface area contributed by atoms with Crippen LogP contribution in [-0.2, 0) is 16.0 Å². The molecule has 29 heavy (non-hydrogen) atoms. The van der Waals surface area contributed by atoms with E-state index in [4.69, 9.17) is 15.0 Å². The lowest BCUT2D eigenvalue weighted by Crippen LogP contribution is -2.50. The Morgan fingerprint density at radius 3 is 2.24 bits per heavy atom. The number of hydrazine groups is 1. The summed E-state index contributed by atoms with van der Waals surface area (Å²) in [6.07, 6.45) is 0.979. The van der Waals surface area contributed by atoms with Crippen LogP contribution in [0.15, 0.2) is 71.3 Å². The fraction of sp³-hybridized carbons (Fsp3) is 0.182. The zero-order chi connectivity index (χ0) is 20.2. The van der Waals surface area contributed by atoms with Gasteiger partial charge in [0, 0.05) is 12.3 Å². The summed E-state index contributed by atoms with van der Waals surface area (Å²) in [5.41, 5.74) is 6.59. The maximum Gasteiger partial charge on any atom is 0.407 e. The van der Waals surface area contributed by atoms with Crippen molar-refractivity contribution in [1.82, 2.24) is 10.7 Å². The van der Waals surface area contributed by atoms with Crippen LogP contribution in [0.25, 0.3) is 11.1 Å². The molecule has 1 atom stereocenters. The van der Waals surface area contributed by atoms with Gasteiger partial charge in [0.15, 0.2) is 0 Å². The third-order valence-electron chi connectivity index (χ3n) is 5.08. The smallest absolute Gasteiger partial charge is 0.407 e. The number of alkyl carbamates (subject to hydrolysis) is 1. The van der Waals surface area contributed by atoms with Crippen LogP contribution in [0.4, 0.5) is 4.79 Å². The molecule has 2 amide bonds. The van der Waals surface area contributed by atoms with Gasteiger partial charge in [0.2, 0.25) is 0 Å². The maximum atomic E-state index is 12.4. The average Bonchev–Trinajstić information content (AvgIpc) is 3.37. The number of hydrogen-bond donors (Lipinski definition) is 3. The SMILES string of the molecule is NNC(=O)[C@@H](Cc1ccco1)NC(=O)OCC1c2ccccc2-c2ccccc21. The summed E-state index contributed by atoms with van der Waals surface area (Å²) in [5.74, 6) is 5.20. The zero-order valence-electron chi connectivity index (χ0n) is 15.6. The summed E-state index contributed by atoms with van der Waals surface area (Å²) in [6, 6.07) is 18.7. The molecule has 0 saturated heterocycles. The molecule has 148 valence electrons. The molecule has 1 aliphatic rings. The zero-order valence-corrected chi connectivity index (χ0v) is 15.6. The first-order valence-electron chi connectivity index (χ1n) is 9.31. The molecular weight excluding hydrogens is 370 g/mol. The molecule has 2 aromatic carbocycles. The van der Waals surface area contributed by atoms with E-state index in [-0.39, 0.29) is 18.9 Å². The van der Waals surface area contributed by atoms with Gasteiger partial charge in [-0.1, -0.05) is 48.5 Å². The average molecular weight is 391 g/mol. The minimum Gasteiger partial charge on any atom is -0.469 e. The number of carbonyl (C=O) groups is 2. The third kappa shape index (κ3) is 3.86. The van der Waals surface area contributed by atoms with Gasteiger partial charge in [-0.2, -0.15) is 0 Å². The Balaban J connectivity index is 1.44. The predicted molar refractivity (Wildman–Crippen MR) is 107 cm³/mol. The molecule has 0 spiro atoms. The van der Waals surface area contributed by atoms with Gasteiger partial charge in [0.1, 0.15) is 18.4 Å². The maximum absolute atomic E-state index is 12.4. The van der Waals surface area contributed by atoms with Crippen LogP contribution in [-0.4, -0.2) is 24.6 Å². The van der Waals surface area contributed by atoms with Crippen molar-refractivity contribution < 1.29 is 18.7 Å². The highest BCUT2D eigenvalue weighted by atomic mass is 16.5. The van der Waals surface area contributed by atoms with Crippen molar-refractivity contribution in [2.75, 3.05) is 6.61 Å². The Bertz CT molecular complexity index is 971. The van der Waals surface area contributed by atoms with E-state index >= 15 is 0 Å². The lowest BCUT2D eigenvalue weighted by Gasteiger charge is -2.18. The van der Waals surface area contributed by atoms with Gasteiger partial charge in [-0.3, -0.25) is 10.2 Å². The molecule has 0 unspecified atom stereocenters. The van der Waals surface area contributed by atoms with Crippen molar-refractivity contribution in [3.63, 3.8) is 0 Å². The van der Waals surface area contributed by atoms with Gasteiger partial charge in [-0.05, 0) is 34.4 Å². The van der Waals surface area contributed by atoms with E-state index in [1.165, 1.54) is 6.26 Å². The van der Waals surface area contributed by atoms with E-state index < -0.39 is 18.0 Å². The van der Waals surface area contributed by atoms with Crippen molar-refractivity contribution in [2.24, 2.45) is 5.84 Å². The highest BCUT2D eigenvalue weighted by Gasteiger charge is 2.29. The minimum absolute atomic E-state index is 0.0555. The predicted octanol–water partition coefficient (Wildman–Crippen LogP) is 2.72. The molecule has 4 N–H and O–H groups in total. The Kier molecular flexibility index (Phi) is 5.31. The molecule has 0 fully saturated rings. The van der Waals surface area contributed by atoms with Gasteiger partial charge in [-0.15, -0.1) is 0 Å². The summed E-state index contributed by atoms with van der Waals surface area (Å²) in [5, 5.41) is 2.56. The van der Waals surface area contributed by atoms with Crippen molar-refractivity contribution in [2.45, 2.75) is 18.4 Å². The molecule has 7 nitrogen and oxygen atoms in total. The normalized spacial score (nSPS) is 13.3. The quantitative estimate of drug-likeness (QED) is 0.340. The second-order valence-electron chi connectivity index (χ2n) is 6.81. The molecule has 1 aromatic heterocycles. The molecule has 4 rings (SSSR count). The first-order valence-corrected chi connectivity index (χ1v) is 9.31. The van der Waals surface area contributed by atoms with E-state index in [0.717, 1.165) is 22.3 Å². The molecule has 1 aliphatic carbocycles. The van der Waals surface area contributed by atoms with E-state index in [1.54, 1.807) is 12.1 Å².